The van der Waals surface area contributed by atoms with E-state index in [0.717, 1.165) is 10.7 Å². The van der Waals surface area contributed by atoms with Crippen LogP contribution in [0.25, 0.3) is 0 Å². The zero-order valence-corrected chi connectivity index (χ0v) is 8.23. The Bertz CT molecular complexity index is 285. The molecule has 1 aromatic heterocycles. The van der Waals surface area contributed by atoms with Crippen LogP contribution in [0.1, 0.15) is 17.1 Å². The van der Waals surface area contributed by atoms with Gasteiger partial charge in [-0.3, -0.25) is 4.79 Å². The van der Waals surface area contributed by atoms with Gasteiger partial charge in [-0.2, -0.15) is 0 Å². The van der Waals surface area contributed by atoms with E-state index in [2.05, 4.69) is 10.3 Å². The average molecular weight is 200 g/mol. The molecule has 0 unspecified atom stereocenters. The molecule has 0 fully saturated rings. The molecule has 13 heavy (non-hydrogen) atoms. The third-order valence-electron chi connectivity index (χ3n) is 1.46. The summed E-state index contributed by atoms with van der Waals surface area (Å²) in [6, 6.07) is 0. The van der Waals surface area contributed by atoms with Crippen molar-refractivity contribution in [3.05, 3.63) is 16.1 Å². The number of carboxylic acid groups (broad SMARTS) is 1. The molecule has 0 bridgehead atoms. The first-order valence-corrected chi connectivity index (χ1v) is 4.90. The Morgan fingerprint density at radius 1 is 1.77 bits per heavy atom. The quantitative estimate of drug-likeness (QED) is 0.696. The first kappa shape index (κ1) is 10.1. The molecule has 0 aliphatic heterocycles. The van der Waals surface area contributed by atoms with Crippen molar-refractivity contribution < 1.29 is 9.90 Å². The second-order valence-electron chi connectivity index (χ2n) is 2.70. The highest BCUT2D eigenvalue weighted by Crippen LogP contribution is 2.07. The van der Waals surface area contributed by atoms with Crippen LogP contribution in [0.15, 0.2) is 5.38 Å². The van der Waals surface area contributed by atoms with Crippen LogP contribution >= 0.6 is 11.3 Å². The maximum absolute atomic E-state index is 10.2. The number of carboxylic acids is 1. The molecule has 0 amide bonds. The van der Waals surface area contributed by atoms with Gasteiger partial charge in [-0.05, 0) is 6.92 Å². The Labute approximate surface area is 80.6 Å². The number of carbonyl (C=O) groups is 1. The fraction of sp³-hybridized carbons (Fsp3) is 0.500. The first-order chi connectivity index (χ1) is 6.18. The highest BCUT2D eigenvalue weighted by molar-refractivity contribution is 7.09. The standard InChI is InChI=1S/C8H12N2O2S/c1-6-5-13-7(10-6)4-9-3-2-8(11)12/h5,9H,2-4H2,1H3,(H,11,12). The summed E-state index contributed by atoms with van der Waals surface area (Å²) in [5, 5.41) is 14.4. The normalized spacial score (nSPS) is 10.2. The Balaban J connectivity index is 2.16. The van der Waals surface area contributed by atoms with Gasteiger partial charge >= 0.3 is 5.97 Å². The zero-order valence-electron chi connectivity index (χ0n) is 7.41. The number of aromatic nitrogens is 1. The summed E-state index contributed by atoms with van der Waals surface area (Å²) in [5.74, 6) is -0.775. The van der Waals surface area contributed by atoms with Gasteiger partial charge < -0.3 is 10.4 Å². The van der Waals surface area contributed by atoms with E-state index >= 15 is 0 Å². The molecule has 1 rings (SSSR count). The van der Waals surface area contributed by atoms with Crippen molar-refractivity contribution in [2.45, 2.75) is 19.9 Å². The van der Waals surface area contributed by atoms with Crippen molar-refractivity contribution in [3.63, 3.8) is 0 Å². The van der Waals surface area contributed by atoms with Crippen LogP contribution in [0.5, 0.6) is 0 Å². The van der Waals surface area contributed by atoms with E-state index in [4.69, 9.17) is 5.11 Å². The topological polar surface area (TPSA) is 62.2 Å². The molecule has 4 nitrogen and oxygen atoms in total. The van der Waals surface area contributed by atoms with Crippen molar-refractivity contribution in [1.29, 1.82) is 0 Å². The van der Waals surface area contributed by atoms with Crippen molar-refractivity contribution in [2.75, 3.05) is 6.54 Å². The predicted molar refractivity (Wildman–Crippen MR) is 50.8 cm³/mol. The smallest absolute Gasteiger partial charge is 0.304 e. The summed E-state index contributed by atoms with van der Waals surface area (Å²) in [6.45, 7) is 3.09. The van der Waals surface area contributed by atoms with E-state index in [1.54, 1.807) is 11.3 Å². The van der Waals surface area contributed by atoms with Gasteiger partial charge in [0, 0.05) is 24.2 Å². The molecule has 0 saturated carbocycles. The number of hydrogen-bond acceptors (Lipinski definition) is 4. The van der Waals surface area contributed by atoms with Gasteiger partial charge in [-0.1, -0.05) is 0 Å². The van der Waals surface area contributed by atoms with Gasteiger partial charge in [0.15, 0.2) is 0 Å². The van der Waals surface area contributed by atoms with E-state index in [1.165, 1.54) is 0 Å². The summed E-state index contributed by atoms with van der Waals surface area (Å²) in [5.41, 5.74) is 1.01. The Kier molecular flexibility index (Phi) is 3.85. The summed E-state index contributed by atoms with van der Waals surface area (Å²) < 4.78 is 0. The van der Waals surface area contributed by atoms with Crippen molar-refractivity contribution in [3.8, 4) is 0 Å². The molecule has 1 heterocycles. The van der Waals surface area contributed by atoms with Crippen LogP contribution in [0.3, 0.4) is 0 Å². The number of nitrogens with zero attached hydrogens (tertiary/aromatic N) is 1. The van der Waals surface area contributed by atoms with E-state index in [0.29, 0.717) is 13.1 Å². The van der Waals surface area contributed by atoms with E-state index in [1.807, 2.05) is 12.3 Å². The van der Waals surface area contributed by atoms with Crippen molar-refractivity contribution in [1.82, 2.24) is 10.3 Å². The van der Waals surface area contributed by atoms with E-state index in [9.17, 15) is 4.79 Å². The lowest BCUT2D eigenvalue weighted by Crippen LogP contribution is -2.17. The SMILES string of the molecule is Cc1csc(CNCCC(=O)O)n1. The molecule has 0 atom stereocenters. The first-order valence-electron chi connectivity index (χ1n) is 4.02. The molecule has 2 N–H and O–H groups in total. The monoisotopic (exact) mass is 200 g/mol. The lowest BCUT2D eigenvalue weighted by Gasteiger charge is -1.98. The number of nitrogens with one attached hydrogen (secondary N) is 1. The average Bonchev–Trinajstić information content (AvgIpc) is 2.45. The van der Waals surface area contributed by atoms with Gasteiger partial charge in [-0.15, -0.1) is 11.3 Å². The lowest BCUT2D eigenvalue weighted by atomic mass is 10.4. The molecule has 0 radical (unpaired) electrons. The number of aliphatic carboxylic acids is 1. The number of hydrogen-bond donors (Lipinski definition) is 2. The minimum absolute atomic E-state index is 0.157. The minimum Gasteiger partial charge on any atom is -0.481 e. The number of aryl methyl sites for hydroxylation is 1. The van der Waals surface area contributed by atoms with Gasteiger partial charge in [0.25, 0.3) is 0 Å². The van der Waals surface area contributed by atoms with Crippen LogP contribution in [0, 0.1) is 6.92 Å². The zero-order chi connectivity index (χ0) is 9.68. The number of thiazole rings is 1. The summed E-state index contributed by atoms with van der Waals surface area (Å²) >= 11 is 1.59. The predicted octanol–water partition coefficient (Wildman–Crippen LogP) is 1.02. The highest BCUT2D eigenvalue weighted by Gasteiger charge is 1.99. The highest BCUT2D eigenvalue weighted by atomic mass is 32.1. The van der Waals surface area contributed by atoms with Crippen LogP contribution < -0.4 is 5.32 Å². The Hall–Kier alpha value is -0.940. The summed E-state index contributed by atoms with van der Waals surface area (Å²) in [4.78, 5) is 14.4. The van der Waals surface area contributed by atoms with E-state index in [-0.39, 0.29) is 6.42 Å². The van der Waals surface area contributed by atoms with Crippen molar-refractivity contribution >= 4 is 17.3 Å². The largest absolute Gasteiger partial charge is 0.481 e. The fourth-order valence-electron chi connectivity index (χ4n) is 0.875. The second-order valence-corrected chi connectivity index (χ2v) is 3.65. The van der Waals surface area contributed by atoms with Crippen LogP contribution in [0.4, 0.5) is 0 Å². The molecule has 0 aliphatic carbocycles. The van der Waals surface area contributed by atoms with Gasteiger partial charge in [0.05, 0.1) is 6.42 Å². The molecule has 0 saturated heterocycles. The molecular formula is C8H12N2O2S. The summed E-state index contributed by atoms with van der Waals surface area (Å²) in [6.07, 6.45) is 0.157. The van der Waals surface area contributed by atoms with E-state index < -0.39 is 5.97 Å². The van der Waals surface area contributed by atoms with Crippen LogP contribution in [-0.2, 0) is 11.3 Å². The maximum atomic E-state index is 10.2. The maximum Gasteiger partial charge on any atom is 0.304 e. The van der Waals surface area contributed by atoms with Crippen molar-refractivity contribution in [2.24, 2.45) is 0 Å². The molecular weight excluding hydrogens is 188 g/mol. The third-order valence-corrected chi connectivity index (χ3v) is 2.43. The molecule has 0 aromatic carbocycles. The Morgan fingerprint density at radius 3 is 3.08 bits per heavy atom. The van der Waals surface area contributed by atoms with Gasteiger partial charge in [0.2, 0.25) is 0 Å². The Morgan fingerprint density at radius 2 is 2.54 bits per heavy atom. The number of rotatable bonds is 5. The van der Waals surface area contributed by atoms with Crippen LogP contribution in [-0.4, -0.2) is 22.6 Å². The van der Waals surface area contributed by atoms with Gasteiger partial charge in [0.1, 0.15) is 5.01 Å². The molecule has 72 valence electrons. The molecule has 0 spiro atoms. The molecule has 0 aliphatic rings. The minimum atomic E-state index is -0.775. The fourth-order valence-corrected chi connectivity index (χ4v) is 1.62. The molecule has 5 heteroatoms. The summed E-state index contributed by atoms with van der Waals surface area (Å²) in [7, 11) is 0. The molecule has 1 aromatic rings. The lowest BCUT2D eigenvalue weighted by molar-refractivity contribution is -0.136. The second kappa shape index (κ2) is 4.94. The van der Waals surface area contributed by atoms with Gasteiger partial charge in [-0.25, -0.2) is 4.98 Å². The third kappa shape index (κ3) is 4.00. The van der Waals surface area contributed by atoms with Crippen LogP contribution in [0.2, 0.25) is 0 Å².